The Kier molecular flexibility index (Phi) is 3.75. The molecule has 3 aromatic rings. The number of carbonyl (C=O) groups is 1. The third kappa shape index (κ3) is 2.98. The van der Waals surface area contributed by atoms with Gasteiger partial charge >= 0.3 is 0 Å². The molecule has 104 valence electrons. The van der Waals surface area contributed by atoms with E-state index in [2.05, 4.69) is 4.98 Å². The van der Waals surface area contributed by atoms with Crippen molar-refractivity contribution in [1.29, 1.82) is 0 Å². The number of para-hydroxylation sites is 1. The largest absolute Gasteiger partial charge is 0.318 e. The van der Waals surface area contributed by atoms with Gasteiger partial charge in [0, 0.05) is 11.1 Å². The van der Waals surface area contributed by atoms with Gasteiger partial charge in [0.2, 0.25) is 0 Å². The average molecular weight is 276 g/mol. The fraction of sp³-hybridized carbons (Fsp3) is 0.111. The fourth-order valence-electron chi connectivity index (χ4n) is 2.34. The van der Waals surface area contributed by atoms with Crippen molar-refractivity contribution >= 4 is 16.7 Å². The van der Waals surface area contributed by atoms with Crippen LogP contribution in [-0.2, 0) is 11.2 Å². The number of hydrogen-bond acceptors (Lipinski definition) is 3. The number of hydrogen-bond donors (Lipinski definition) is 1. The molecule has 3 nitrogen and oxygen atoms in total. The first-order valence-corrected chi connectivity index (χ1v) is 6.92. The van der Waals surface area contributed by atoms with Crippen LogP contribution in [0.2, 0.25) is 0 Å². The lowest BCUT2D eigenvalue weighted by Gasteiger charge is -2.10. The van der Waals surface area contributed by atoms with Crippen molar-refractivity contribution in [2.45, 2.75) is 12.5 Å². The number of Topliss-reactive ketones (excluding diaryl/α,β-unsaturated/α-hetero) is 1. The monoisotopic (exact) mass is 276 g/mol. The number of benzene rings is 2. The number of nitrogens with zero attached hydrogens (tertiary/aromatic N) is 1. The van der Waals surface area contributed by atoms with Gasteiger partial charge in [0.15, 0.2) is 5.78 Å². The van der Waals surface area contributed by atoms with Crippen LogP contribution in [-0.4, -0.2) is 10.8 Å². The maximum absolute atomic E-state index is 12.3. The van der Waals surface area contributed by atoms with E-state index in [-0.39, 0.29) is 12.2 Å². The summed E-state index contributed by atoms with van der Waals surface area (Å²) in [7, 11) is 0. The summed E-state index contributed by atoms with van der Waals surface area (Å²) in [5, 5.41) is 1.07. The van der Waals surface area contributed by atoms with Crippen LogP contribution >= 0.6 is 0 Å². The minimum Gasteiger partial charge on any atom is -0.318 e. The van der Waals surface area contributed by atoms with Gasteiger partial charge < -0.3 is 5.73 Å². The van der Waals surface area contributed by atoms with Crippen molar-refractivity contribution in [3.05, 3.63) is 78.0 Å². The Morgan fingerprint density at radius 2 is 1.67 bits per heavy atom. The predicted octanol–water partition coefficient (Wildman–Crippen LogP) is 3.05. The van der Waals surface area contributed by atoms with Crippen molar-refractivity contribution in [1.82, 2.24) is 4.98 Å². The molecule has 21 heavy (non-hydrogen) atoms. The second kappa shape index (κ2) is 5.85. The Morgan fingerprint density at radius 3 is 2.48 bits per heavy atom. The molecule has 0 aliphatic heterocycles. The Bertz CT molecular complexity index is 768. The molecule has 1 unspecified atom stereocenters. The number of pyridine rings is 1. The van der Waals surface area contributed by atoms with Crippen LogP contribution in [0.15, 0.2) is 66.7 Å². The summed E-state index contributed by atoms with van der Waals surface area (Å²) in [6, 6.07) is 20.6. The van der Waals surface area contributed by atoms with Gasteiger partial charge in [-0.15, -0.1) is 0 Å². The first kappa shape index (κ1) is 13.5. The molecule has 0 aliphatic carbocycles. The number of aromatic nitrogens is 1. The van der Waals surface area contributed by atoms with E-state index in [1.807, 2.05) is 66.7 Å². The van der Waals surface area contributed by atoms with E-state index in [1.54, 1.807) is 0 Å². The fourth-order valence-corrected chi connectivity index (χ4v) is 2.34. The molecular formula is C18H16N2O. The SMILES string of the molecule is NC(C(=O)Cc1ccc2ccccc2n1)c1ccccc1. The number of nitrogens with two attached hydrogens (primary N) is 1. The zero-order chi connectivity index (χ0) is 14.7. The molecule has 0 aliphatic rings. The zero-order valence-corrected chi connectivity index (χ0v) is 11.6. The van der Waals surface area contributed by atoms with Gasteiger partial charge in [-0.2, -0.15) is 0 Å². The van der Waals surface area contributed by atoms with Gasteiger partial charge in [-0.1, -0.05) is 54.6 Å². The quantitative estimate of drug-likeness (QED) is 0.796. The van der Waals surface area contributed by atoms with Gasteiger partial charge in [0.25, 0.3) is 0 Å². The Balaban J connectivity index is 1.80. The average Bonchev–Trinajstić information content (AvgIpc) is 2.55. The molecule has 3 heteroatoms. The summed E-state index contributed by atoms with van der Waals surface area (Å²) in [5.74, 6) is -0.0241. The third-order valence-corrected chi connectivity index (χ3v) is 3.52. The first-order valence-electron chi connectivity index (χ1n) is 6.92. The standard InChI is InChI=1S/C18H16N2O/c19-18(14-7-2-1-3-8-14)17(21)12-15-11-10-13-6-4-5-9-16(13)20-15/h1-11,18H,12,19H2. The summed E-state index contributed by atoms with van der Waals surface area (Å²) < 4.78 is 0. The minimum absolute atomic E-state index is 0.0241. The molecule has 3 rings (SSSR count). The number of rotatable bonds is 4. The van der Waals surface area contributed by atoms with Crippen molar-refractivity contribution in [2.24, 2.45) is 5.73 Å². The van der Waals surface area contributed by atoms with Crippen molar-refractivity contribution in [2.75, 3.05) is 0 Å². The van der Waals surface area contributed by atoms with Crippen molar-refractivity contribution < 1.29 is 4.79 Å². The van der Waals surface area contributed by atoms with E-state index in [0.29, 0.717) is 0 Å². The van der Waals surface area contributed by atoms with E-state index in [1.165, 1.54) is 0 Å². The van der Waals surface area contributed by atoms with Crippen LogP contribution < -0.4 is 5.73 Å². The highest BCUT2D eigenvalue weighted by Crippen LogP contribution is 2.15. The van der Waals surface area contributed by atoms with E-state index in [9.17, 15) is 4.79 Å². The van der Waals surface area contributed by atoms with Gasteiger partial charge in [-0.3, -0.25) is 9.78 Å². The van der Waals surface area contributed by atoms with Crippen LogP contribution in [0, 0.1) is 0 Å². The normalized spacial score (nSPS) is 12.2. The van der Waals surface area contributed by atoms with Gasteiger partial charge in [0.1, 0.15) is 0 Å². The molecule has 2 N–H and O–H groups in total. The van der Waals surface area contributed by atoms with Crippen LogP contribution in [0.1, 0.15) is 17.3 Å². The molecule has 1 aromatic heterocycles. The first-order chi connectivity index (χ1) is 10.2. The van der Waals surface area contributed by atoms with Crippen LogP contribution in [0.5, 0.6) is 0 Å². The summed E-state index contributed by atoms with van der Waals surface area (Å²) in [5.41, 5.74) is 8.51. The van der Waals surface area contributed by atoms with Crippen molar-refractivity contribution in [3.63, 3.8) is 0 Å². The molecule has 0 radical (unpaired) electrons. The molecule has 2 aromatic carbocycles. The smallest absolute Gasteiger partial charge is 0.159 e. The number of fused-ring (bicyclic) bond motifs is 1. The topological polar surface area (TPSA) is 56.0 Å². The van der Waals surface area contributed by atoms with Crippen LogP contribution in [0.25, 0.3) is 10.9 Å². The van der Waals surface area contributed by atoms with Gasteiger partial charge in [-0.25, -0.2) is 0 Å². The van der Waals surface area contributed by atoms with E-state index in [4.69, 9.17) is 5.73 Å². The Hall–Kier alpha value is -2.52. The van der Waals surface area contributed by atoms with Crippen LogP contribution in [0.3, 0.4) is 0 Å². The molecule has 0 saturated heterocycles. The maximum atomic E-state index is 12.3. The number of ketones is 1. The van der Waals surface area contributed by atoms with Crippen LogP contribution in [0.4, 0.5) is 0 Å². The highest BCUT2D eigenvalue weighted by Gasteiger charge is 2.16. The molecule has 1 atom stereocenters. The predicted molar refractivity (Wildman–Crippen MR) is 83.8 cm³/mol. The zero-order valence-electron chi connectivity index (χ0n) is 11.6. The van der Waals surface area contributed by atoms with E-state index >= 15 is 0 Å². The Labute approximate surface area is 123 Å². The molecule has 0 amide bonds. The highest BCUT2D eigenvalue weighted by atomic mass is 16.1. The van der Waals surface area contributed by atoms with Gasteiger partial charge in [-0.05, 0) is 17.7 Å². The van der Waals surface area contributed by atoms with Crippen molar-refractivity contribution in [3.8, 4) is 0 Å². The molecule has 0 saturated carbocycles. The lowest BCUT2D eigenvalue weighted by atomic mass is 10.0. The second-order valence-corrected chi connectivity index (χ2v) is 5.03. The van der Waals surface area contributed by atoms with Gasteiger partial charge in [0.05, 0.1) is 18.0 Å². The summed E-state index contributed by atoms with van der Waals surface area (Å²) in [6.45, 7) is 0. The molecule has 0 bridgehead atoms. The lowest BCUT2D eigenvalue weighted by molar-refractivity contribution is -0.119. The number of carbonyl (C=O) groups excluding carboxylic acids is 1. The van der Waals surface area contributed by atoms with E-state index in [0.717, 1.165) is 22.2 Å². The molecule has 0 spiro atoms. The highest BCUT2D eigenvalue weighted by molar-refractivity contribution is 5.87. The Morgan fingerprint density at radius 1 is 0.952 bits per heavy atom. The summed E-state index contributed by atoms with van der Waals surface area (Å²) in [4.78, 5) is 16.8. The lowest BCUT2D eigenvalue weighted by Crippen LogP contribution is -2.23. The second-order valence-electron chi connectivity index (χ2n) is 5.03. The third-order valence-electron chi connectivity index (χ3n) is 3.52. The summed E-state index contributed by atoms with van der Waals surface area (Å²) in [6.07, 6.45) is 0.251. The maximum Gasteiger partial charge on any atom is 0.159 e. The molecule has 0 fully saturated rings. The minimum atomic E-state index is -0.598. The molecular weight excluding hydrogens is 260 g/mol. The van der Waals surface area contributed by atoms with E-state index < -0.39 is 6.04 Å². The molecule has 1 heterocycles. The summed E-state index contributed by atoms with van der Waals surface area (Å²) >= 11 is 0.